The molecule has 0 atom stereocenters. The number of aryl methyl sites for hydroxylation is 1. The molecule has 0 unspecified atom stereocenters. The van der Waals surface area contributed by atoms with E-state index in [0.29, 0.717) is 0 Å². The fraction of sp³-hybridized carbons (Fsp3) is 0.429. The number of hydrogen-bond acceptors (Lipinski definition) is 1. The third kappa shape index (κ3) is 4.84. The van der Waals surface area contributed by atoms with Gasteiger partial charge in [0.2, 0.25) is 0 Å². The Bertz CT molecular complexity index is 334. The predicted molar refractivity (Wildman–Crippen MR) is 73.0 cm³/mol. The van der Waals surface area contributed by atoms with Crippen molar-refractivity contribution in [2.75, 3.05) is 6.61 Å². The van der Waals surface area contributed by atoms with Gasteiger partial charge in [-0.25, -0.2) is 0 Å². The fourth-order valence-electron chi connectivity index (χ4n) is 1.52. The molecule has 0 aliphatic heterocycles. The normalized spacial score (nSPS) is 10.1. The van der Waals surface area contributed by atoms with Crippen molar-refractivity contribution in [1.29, 1.82) is 0 Å². The number of unbranched alkanes of at least 4 members (excludes halogenated alkanes) is 3. The lowest BCUT2D eigenvalue weighted by molar-refractivity contribution is 0.303. The molecule has 0 aliphatic carbocycles. The summed E-state index contributed by atoms with van der Waals surface area (Å²) in [7, 11) is 0. The Balaban J connectivity index is 2.24. The third-order valence-corrected chi connectivity index (χ3v) is 2.94. The second-order valence-electron chi connectivity index (χ2n) is 3.90. The largest absolute Gasteiger partial charge is 0.493 e. The second-order valence-corrected chi connectivity index (χ2v) is 4.81. The summed E-state index contributed by atoms with van der Waals surface area (Å²) in [5, 5.41) is 0. The molecule has 88 valence electrons. The van der Waals surface area contributed by atoms with Crippen molar-refractivity contribution in [3.8, 4) is 5.75 Å². The maximum atomic E-state index is 5.73. The highest BCUT2D eigenvalue weighted by atomic mass is 79.9. The zero-order chi connectivity index (χ0) is 11.8. The predicted octanol–water partition coefficient (Wildman–Crippen LogP) is 4.88. The fourth-order valence-corrected chi connectivity index (χ4v) is 2.00. The standard InChI is InChI=1S/C14H19BrO/c1-3-4-5-6-7-10-16-14-9-8-13(15)11-12(14)2/h3,8-9,11H,1,4-7,10H2,2H3. The molecule has 0 saturated heterocycles. The molecule has 0 heterocycles. The minimum absolute atomic E-state index is 0.805. The highest BCUT2D eigenvalue weighted by Crippen LogP contribution is 2.22. The molecule has 2 heteroatoms. The van der Waals surface area contributed by atoms with Gasteiger partial charge in [-0.2, -0.15) is 0 Å². The van der Waals surface area contributed by atoms with Crippen LogP contribution in [0.25, 0.3) is 0 Å². The van der Waals surface area contributed by atoms with Crippen LogP contribution in [-0.2, 0) is 0 Å². The van der Waals surface area contributed by atoms with E-state index in [1.807, 2.05) is 18.2 Å². The molecule has 1 nitrogen and oxygen atoms in total. The minimum atomic E-state index is 0.805. The van der Waals surface area contributed by atoms with Gasteiger partial charge in [-0.15, -0.1) is 6.58 Å². The minimum Gasteiger partial charge on any atom is -0.493 e. The van der Waals surface area contributed by atoms with Crippen molar-refractivity contribution in [3.05, 3.63) is 40.9 Å². The monoisotopic (exact) mass is 282 g/mol. The van der Waals surface area contributed by atoms with E-state index < -0.39 is 0 Å². The molecular formula is C14H19BrO. The van der Waals surface area contributed by atoms with E-state index in [1.165, 1.54) is 18.4 Å². The highest BCUT2D eigenvalue weighted by Gasteiger charge is 1.99. The summed E-state index contributed by atoms with van der Waals surface area (Å²) in [6.07, 6.45) is 6.62. The number of hydrogen-bond donors (Lipinski definition) is 0. The van der Waals surface area contributed by atoms with Gasteiger partial charge in [0, 0.05) is 4.47 Å². The Morgan fingerprint density at radius 3 is 2.81 bits per heavy atom. The van der Waals surface area contributed by atoms with Gasteiger partial charge in [0.15, 0.2) is 0 Å². The van der Waals surface area contributed by atoms with Gasteiger partial charge < -0.3 is 4.74 Å². The van der Waals surface area contributed by atoms with Gasteiger partial charge in [-0.1, -0.05) is 22.0 Å². The lowest BCUT2D eigenvalue weighted by Gasteiger charge is -2.08. The summed E-state index contributed by atoms with van der Waals surface area (Å²) in [6, 6.07) is 6.11. The van der Waals surface area contributed by atoms with Crippen molar-refractivity contribution in [3.63, 3.8) is 0 Å². The van der Waals surface area contributed by atoms with Gasteiger partial charge in [-0.05, 0) is 56.4 Å². The van der Waals surface area contributed by atoms with E-state index >= 15 is 0 Å². The van der Waals surface area contributed by atoms with Crippen LogP contribution in [0.5, 0.6) is 5.75 Å². The molecule has 16 heavy (non-hydrogen) atoms. The molecule has 0 fully saturated rings. The van der Waals surface area contributed by atoms with E-state index in [9.17, 15) is 0 Å². The summed E-state index contributed by atoms with van der Waals surface area (Å²) in [4.78, 5) is 0. The van der Waals surface area contributed by atoms with E-state index in [4.69, 9.17) is 4.74 Å². The first kappa shape index (κ1) is 13.3. The molecule has 0 bridgehead atoms. The Hall–Kier alpha value is -0.760. The summed E-state index contributed by atoms with van der Waals surface area (Å²) in [6.45, 7) is 6.58. The van der Waals surface area contributed by atoms with Crippen molar-refractivity contribution < 1.29 is 4.74 Å². The van der Waals surface area contributed by atoms with Crippen molar-refractivity contribution >= 4 is 15.9 Å². The summed E-state index contributed by atoms with van der Waals surface area (Å²) in [5.41, 5.74) is 1.18. The van der Waals surface area contributed by atoms with Crippen molar-refractivity contribution in [2.45, 2.75) is 32.6 Å². The van der Waals surface area contributed by atoms with Crippen LogP contribution in [0.4, 0.5) is 0 Å². The van der Waals surface area contributed by atoms with Gasteiger partial charge in [0.05, 0.1) is 6.61 Å². The van der Waals surface area contributed by atoms with E-state index in [0.717, 1.165) is 29.7 Å². The van der Waals surface area contributed by atoms with E-state index in [2.05, 4.69) is 35.5 Å². The molecule has 1 aromatic rings. The quantitative estimate of drug-likeness (QED) is 0.511. The Kier molecular flexibility index (Phi) is 6.24. The molecule has 0 aliphatic rings. The molecule has 1 aromatic carbocycles. The van der Waals surface area contributed by atoms with Crippen LogP contribution in [0.3, 0.4) is 0 Å². The average molecular weight is 283 g/mol. The molecule has 0 N–H and O–H groups in total. The lowest BCUT2D eigenvalue weighted by atomic mass is 10.2. The first-order valence-electron chi connectivity index (χ1n) is 5.74. The molecule has 0 saturated carbocycles. The molecule has 0 amide bonds. The first-order valence-corrected chi connectivity index (χ1v) is 6.53. The maximum absolute atomic E-state index is 5.73. The van der Waals surface area contributed by atoms with Crippen molar-refractivity contribution in [1.82, 2.24) is 0 Å². The van der Waals surface area contributed by atoms with Crippen molar-refractivity contribution in [2.24, 2.45) is 0 Å². The number of ether oxygens (including phenoxy) is 1. The molecule has 0 radical (unpaired) electrons. The third-order valence-electron chi connectivity index (χ3n) is 2.45. The summed E-state index contributed by atoms with van der Waals surface area (Å²) >= 11 is 3.44. The number of benzene rings is 1. The summed E-state index contributed by atoms with van der Waals surface area (Å²) < 4.78 is 6.83. The lowest BCUT2D eigenvalue weighted by Crippen LogP contribution is -1.98. The van der Waals surface area contributed by atoms with Crippen LogP contribution < -0.4 is 4.74 Å². The average Bonchev–Trinajstić information content (AvgIpc) is 2.26. The topological polar surface area (TPSA) is 9.23 Å². The summed E-state index contributed by atoms with van der Waals surface area (Å²) in [5.74, 6) is 0.993. The Morgan fingerprint density at radius 2 is 2.12 bits per heavy atom. The van der Waals surface area contributed by atoms with Gasteiger partial charge in [0.1, 0.15) is 5.75 Å². The molecule has 1 rings (SSSR count). The number of rotatable bonds is 7. The van der Waals surface area contributed by atoms with Gasteiger partial charge in [0.25, 0.3) is 0 Å². The van der Waals surface area contributed by atoms with Crippen LogP contribution >= 0.6 is 15.9 Å². The number of allylic oxidation sites excluding steroid dienone is 1. The SMILES string of the molecule is C=CCCCCCOc1ccc(Br)cc1C. The van der Waals surface area contributed by atoms with Gasteiger partial charge >= 0.3 is 0 Å². The van der Waals surface area contributed by atoms with Crippen LogP contribution in [0.1, 0.15) is 31.2 Å². The van der Waals surface area contributed by atoms with Crippen LogP contribution in [0, 0.1) is 6.92 Å². The first-order chi connectivity index (χ1) is 7.74. The Labute approximate surface area is 107 Å². The van der Waals surface area contributed by atoms with Crippen LogP contribution in [0.2, 0.25) is 0 Å². The molecule has 0 aromatic heterocycles. The van der Waals surface area contributed by atoms with E-state index in [1.54, 1.807) is 0 Å². The van der Waals surface area contributed by atoms with Crippen LogP contribution in [0.15, 0.2) is 35.3 Å². The Morgan fingerprint density at radius 1 is 1.31 bits per heavy atom. The zero-order valence-corrected chi connectivity index (χ0v) is 11.4. The molecular weight excluding hydrogens is 264 g/mol. The second kappa shape index (κ2) is 7.50. The zero-order valence-electron chi connectivity index (χ0n) is 9.84. The smallest absolute Gasteiger partial charge is 0.122 e. The highest BCUT2D eigenvalue weighted by molar-refractivity contribution is 9.10. The van der Waals surface area contributed by atoms with Gasteiger partial charge in [-0.3, -0.25) is 0 Å². The maximum Gasteiger partial charge on any atom is 0.122 e. The number of halogens is 1. The van der Waals surface area contributed by atoms with Crippen LogP contribution in [-0.4, -0.2) is 6.61 Å². The molecule has 0 spiro atoms. The van der Waals surface area contributed by atoms with E-state index in [-0.39, 0.29) is 0 Å².